The first kappa shape index (κ1) is 15.4. The lowest BCUT2D eigenvalue weighted by Gasteiger charge is -2.09. The van der Waals surface area contributed by atoms with Gasteiger partial charge in [-0.15, -0.1) is 0 Å². The molecular weight excluding hydrogens is 295 g/mol. The lowest BCUT2D eigenvalue weighted by molar-refractivity contribution is 0.0461. The summed E-state index contributed by atoms with van der Waals surface area (Å²) in [5.74, 6) is -0.577. The topological polar surface area (TPSA) is 52.1 Å². The van der Waals surface area contributed by atoms with Gasteiger partial charge < -0.3 is 4.74 Å². The second-order valence-corrected chi connectivity index (χ2v) is 5.15. The number of esters is 1. The molecule has 6 heteroatoms. The molecule has 4 nitrogen and oxygen atoms in total. The number of carbonyl (C=O) groups is 1. The summed E-state index contributed by atoms with van der Waals surface area (Å²) in [5, 5.41) is 0.109. The number of hydrogen-bond donors (Lipinski definition) is 0. The van der Waals surface area contributed by atoms with Crippen LogP contribution < -0.4 is 0 Å². The minimum absolute atomic E-state index is 0.00768. The Morgan fingerprint density at radius 2 is 2.10 bits per heavy atom. The van der Waals surface area contributed by atoms with E-state index in [1.165, 1.54) is 12.3 Å². The summed E-state index contributed by atoms with van der Waals surface area (Å²) >= 11 is 5.91. The van der Waals surface area contributed by atoms with Gasteiger partial charge in [-0.05, 0) is 6.07 Å². The molecule has 0 aliphatic rings. The van der Waals surface area contributed by atoms with Crippen LogP contribution >= 0.6 is 11.6 Å². The average Bonchev–Trinajstić information content (AvgIpc) is 2.46. The smallest absolute Gasteiger partial charge is 0.358 e. The van der Waals surface area contributed by atoms with Crippen molar-refractivity contribution in [3.63, 3.8) is 0 Å². The monoisotopic (exact) mass is 308 g/mol. The number of benzene rings is 1. The first-order valence-electron chi connectivity index (χ1n) is 6.42. The van der Waals surface area contributed by atoms with Gasteiger partial charge in [0, 0.05) is 11.5 Å². The molecule has 0 unspecified atom stereocenters. The molecule has 0 radical (unpaired) electrons. The maximum atomic E-state index is 13.4. The van der Waals surface area contributed by atoms with Gasteiger partial charge in [0.2, 0.25) is 0 Å². The number of nitrogens with zero attached hydrogens (tertiary/aromatic N) is 2. The highest BCUT2D eigenvalue weighted by Gasteiger charge is 2.17. The summed E-state index contributed by atoms with van der Waals surface area (Å²) < 4.78 is 18.5. The molecule has 2 aromatic rings. The van der Waals surface area contributed by atoms with Crippen molar-refractivity contribution in [1.29, 1.82) is 0 Å². The molecule has 0 bridgehead atoms. The summed E-state index contributed by atoms with van der Waals surface area (Å²) in [6, 6.07) is 6.08. The van der Waals surface area contributed by atoms with E-state index in [1.807, 2.05) is 13.8 Å². The van der Waals surface area contributed by atoms with Crippen molar-refractivity contribution < 1.29 is 13.9 Å². The van der Waals surface area contributed by atoms with Crippen LogP contribution in [0.2, 0.25) is 5.02 Å². The molecule has 0 amide bonds. The Hall–Kier alpha value is -2.01. The SMILES string of the molecule is CC(C)c1ncc(Cl)c(C(=O)OCc2ccccc2F)n1. The Morgan fingerprint density at radius 3 is 2.76 bits per heavy atom. The van der Waals surface area contributed by atoms with Crippen molar-refractivity contribution in [2.24, 2.45) is 0 Å². The number of hydrogen-bond acceptors (Lipinski definition) is 4. The predicted octanol–water partition coefficient (Wildman–Crippen LogP) is 3.75. The van der Waals surface area contributed by atoms with Gasteiger partial charge in [0.25, 0.3) is 0 Å². The number of halogens is 2. The van der Waals surface area contributed by atoms with Crippen molar-refractivity contribution in [3.8, 4) is 0 Å². The summed E-state index contributed by atoms with van der Waals surface area (Å²) in [6.45, 7) is 3.62. The quantitative estimate of drug-likeness (QED) is 0.807. The van der Waals surface area contributed by atoms with Gasteiger partial charge >= 0.3 is 5.97 Å². The van der Waals surface area contributed by atoms with Gasteiger partial charge in [-0.2, -0.15) is 0 Å². The zero-order chi connectivity index (χ0) is 15.4. The summed E-state index contributed by atoms with van der Waals surface area (Å²) in [4.78, 5) is 20.1. The van der Waals surface area contributed by atoms with E-state index in [4.69, 9.17) is 16.3 Å². The lowest BCUT2D eigenvalue weighted by Crippen LogP contribution is -2.12. The molecule has 0 aliphatic heterocycles. The normalized spacial score (nSPS) is 10.7. The third-order valence-corrected chi connectivity index (χ3v) is 3.07. The standard InChI is InChI=1S/C15H14ClFN2O2/c1-9(2)14-18-7-11(16)13(19-14)15(20)21-8-10-5-3-4-6-12(10)17/h3-7,9H,8H2,1-2H3. The maximum Gasteiger partial charge on any atom is 0.358 e. The molecule has 0 spiro atoms. The van der Waals surface area contributed by atoms with Crippen molar-refractivity contribution in [2.75, 3.05) is 0 Å². The predicted molar refractivity (Wildman–Crippen MR) is 76.7 cm³/mol. The largest absolute Gasteiger partial charge is 0.456 e. The lowest BCUT2D eigenvalue weighted by atomic mass is 10.2. The molecule has 110 valence electrons. The Kier molecular flexibility index (Phi) is 4.85. The van der Waals surface area contributed by atoms with Gasteiger partial charge in [-0.1, -0.05) is 43.6 Å². The third-order valence-electron chi connectivity index (χ3n) is 2.79. The van der Waals surface area contributed by atoms with E-state index in [0.717, 1.165) is 0 Å². The summed E-state index contributed by atoms with van der Waals surface area (Å²) in [7, 11) is 0. The average molecular weight is 309 g/mol. The maximum absolute atomic E-state index is 13.4. The zero-order valence-electron chi connectivity index (χ0n) is 11.6. The number of carbonyl (C=O) groups excluding carboxylic acids is 1. The highest BCUT2D eigenvalue weighted by atomic mass is 35.5. The van der Waals surface area contributed by atoms with Crippen LogP contribution in [0.25, 0.3) is 0 Å². The molecule has 0 saturated heterocycles. The van der Waals surface area contributed by atoms with E-state index in [2.05, 4.69) is 9.97 Å². The summed E-state index contributed by atoms with van der Waals surface area (Å²) in [5.41, 5.74) is 0.284. The van der Waals surface area contributed by atoms with Crippen molar-refractivity contribution >= 4 is 17.6 Å². The van der Waals surface area contributed by atoms with Crippen LogP contribution in [0.4, 0.5) is 4.39 Å². The van der Waals surface area contributed by atoms with Gasteiger partial charge in [0.15, 0.2) is 5.69 Å². The van der Waals surface area contributed by atoms with Crippen LogP contribution in [0.15, 0.2) is 30.5 Å². The Morgan fingerprint density at radius 1 is 1.38 bits per heavy atom. The first-order chi connectivity index (χ1) is 9.99. The fraction of sp³-hybridized carbons (Fsp3) is 0.267. The van der Waals surface area contributed by atoms with E-state index in [1.54, 1.807) is 18.2 Å². The Bertz CT molecular complexity index is 662. The van der Waals surface area contributed by atoms with E-state index < -0.39 is 11.8 Å². The third kappa shape index (κ3) is 3.76. The number of rotatable bonds is 4. The van der Waals surface area contributed by atoms with Crippen molar-refractivity contribution in [2.45, 2.75) is 26.4 Å². The van der Waals surface area contributed by atoms with E-state index in [-0.39, 0.29) is 23.2 Å². The Balaban J connectivity index is 2.14. The minimum Gasteiger partial charge on any atom is -0.456 e. The van der Waals surface area contributed by atoms with Crippen molar-refractivity contribution in [1.82, 2.24) is 9.97 Å². The van der Waals surface area contributed by atoms with Crippen molar-refractivity contribution in [3.05, 3.63) is 58.4 Å². The molecule has 2 rings (SSSR count). The second-order valence-electron chi connectivity index (χ2n) is 4.75. The van der Waals surface area contributed by atoms with E-state index in [9.17, 15) is 9.18 Å². The van der Waals surface area contributed by atoms with Gasteiger partial charge in [0.1, 0.15) is 18.2 Å². The summed E-state index contributed by atoms with van der Waals surface area (Å²) in [6.07, 6.45) is 1.36. The second kappa shape index (κ2) is 6.63. The van der Waals surface area contributed by atoms with Crippen LogP contribution in [-0.4, -0.2) is 15.9 Å². The Labute approximate surface area is 126 Å². The van der Waals surface area contributed by atoms with Gasteiger partial charge in [0.05, 0.1) is 11.2 Å². The number of aromatic nitrogens is 2. The first-order valence-corrected chi connectivity index (χ1v) is 6.79. The molecule has 1 aromatic carbocycles. The molecular formula is C15H14ClFN2O2. The minimum atomic E-state index is -0.701. The van der Waals surface area contributed by atoms with Crippen LogP contribution in [0.1, 0.15) is 41.6 Å². The molecule has 0 atom stereocenters. The van der Waals surface area contributed by atoms with Gasteiger partial charge in [-0.25, -0.2) is 19.2 Å². The van der Waals surface area contributed by atoms with Crippen LogP contribution in [0.3, 0.4) is 0 Å². The van der Waals surface area contributed by atoms with Crippen LogP contribution in [0, 0.1) is 5.82 Å². The van der Waals surface area contributed by atoms with E-state index in [0.29, 0.717) is 11.4 Å². The van der Waals surface area contributed by atoms with Crippen LogP contribution in [0.5, 0.6) is 0 Å². The fourth-order valence-electron chi connectivity index (χ4n) is 1.63. The zero-order valence-corrected chi connectivity index (χ0v) is 12.4. The molecule has 1 heterocycles. The van der Waals surface area contributed by atoms with Gasteiger partial charge in [-0.3, -0.25) is 0 Å². The molecule has 1 aromatic heterocycles. The molecule has 0 N–H and O–H groups in total. The highest BCUT2D eigenvalue weighted by molar-refractivity contribution is 6.33. The highest BCUT2D eigenvalue weighted by Crippen LogP contribution is 2.18. The molecule has 21 heavy (non-hydrogen) atoms. The molecule has 0 saturated carbocycles. The fourth-order valence-corrected chi connectivity index (χ4v) is 1.80. The van der Waals surface area contributed by atoms with Crippen LogP contribution in [-0.2, 0) is 11.3 Å². The van der Waals surface area contributed by atoms with E-state index >= 15 is 0 Å². The molecule has 0 fully saturated rings. The number of ether oxygens (including phenoxy) is 1. The molecule has 0 aliphatic carbocycles.